The van der Waals surface area contributed by atoms with Crippen molar-refractivity contribution in [2.45, 2.75) is 18.4 Å². The van der Waals surface area contributed by atoms with Gasteiger partial charge in [-0.1, -0.05) is 29.3 Å². The number of aromatic nitrogens is 2. The number of aryl methyl sites for hydroxylation is 1. The lowest BCUT2D eigenvalue weighted by Gasteiger charge is -2.05. The van der Waals surface area contributed by atoms with Gasteiger partial charge in [0.25, 0.3) is 0 Å². The van der Waals surface area contributed by atoms with Gasteiger partial charge in [-0.2, -0.15) is 0 Å². The second kappa shape index (κ2) is 5.48. The summed E-state index contributed by atoms with van der Waals surface area (Å²) in [6.07, 6.45) is 0. The van der Waals surface area contributed by atoms with Crippen LogP contribution in [0.1, 0.15) is 17.3 Å². The van der Waals surface area contributed by atoms with Crippen LogP contribution in [0.15, 0.2) is 22.6 Å². The molecule has 0 aliphatic rings. The van der Waals surface area contributed by atoms with Crippen LogP contribution in [0.4, 0.5) is 0 Å². The Balaban J connectivity index is 2.17. The molecule has 0 aliphatic carbocycles. The fourth-order valence-electron chi connectivity index (χ4n) is 1.51. The average Bonchev–Trinajstić information content (AvgIpc) is 2.67. The number of halogens is 2. The third-order valence-corrected chi connectivity index (χ3v) is 4.33. The van der Waals surface area contributed by atoms with Crippen molar-refractivity contribution in [1.82, 2.24) is 10.2 Å². The fraction of sp³-hybridized carbons (Fsp3) is 0.273. The van der Waals surface area contributed by atoms with Crippen LogP contribution in [0.25, 0.3) is 0 Å². The Kier molecular flexibility index (Phi) is 4.13. The Morgan fingerprint density at radius 3 is 2.53 bits per heavy atom. The minimum Gasteiger partial charge on any atom is -0.424 e. The highest BCUT2D eigenvalue weighted by Gasteiger charge is 2.18. The first-order valence-electron chi connectivity index (χ1n) is 5.29. The molecule has 2 aromatic rings. The Hall–Kier alpha value is -1.11. The molecule has 0 amide bonds. The number of nitrogens with zero attached hydrogens (tertiary/aromatic N) is 2. The average molecular weight is 321 g/mol. The molecule has 102 valence electrons. The third kappa shape index (κ3) is 3.92. The van der Waals surface area contributed by atoms with Gasteiger partial charge in [-0.15, -0.1) is 10.2 Å². The van der Waals surface area contributed by atoms with E-state index in [0.717, 1.165) is 0 Å². The Morgan fingerprint density at radius 1 is 1.21 bits per heavy atom. The normalized spacial score (nSPS) is 11.7. The molecule has 0 N–H and O–H groups in total. The van der Waals surface area contributed by atoms with Crippen molar-refractivity contribution >= 4 is 33.0 Å². The standard InChI is InChI=1S/C11H10Cl2N2O3S/c1-7-14-15-11(18-7)6-19(16,17)5-8-2-3-9(12)4-10(8)13/h2-4H,5-6H2,1H3. The molecule has 0 atom stereocenters. The summed E-state index contributed by atoms with van der Waals surface area (Å²) in [6.45, 7) is 1.60. The lowest BCUT2D eigenvalue weighted by atomic mass is 10.2. The van der Waals surface area contributed by atoms with Gasteiger partial charge in [0.2, 0.25) is 11.8 Å². The number of hydrogen-bond donors (Lipinski definition) is 0. The van der Waals surface area contributed by atoms with E-state index in [-0.39, 0.29) is 17.4 Å². The third-order valence-electron chi connectivity index (χ3n) is 2.30. The maximum atomic E-state index is 12.0. The van der Waals surface area contributed by atoms with Crippen molar-refractivity contribution in [2.24, 2.45) is 0 Å². The number of sulfone groups is 1. The molecule has 2 rings (SSSR count). The van der Waals surface area contributed by atoms with Gasteiger partial charge in [0.15, 0.2) is 9.84 Å². The topological polar surface area (TPSA) is 73.1 Å². The first kappa shape index (κ1) is 14.3. The first-order valence-corrected chi connectivity index (χ1v) is 7.87. The van der Waals surface area contributed by atoms with Crippen molar-refractivity contribution in [1.29, 1.82) is 0 Å². The summed E-state index contributed by atoms with van der Waals surface area (Å²) in [5, 5.41) is 8.02. The van der Waals surface area contributed by atoms with Crippen LogP contribution >= 0.6 is 23.2 Å². The maximum Gasteiger partial charge on any atom is 0.231 e. The zero-order chi connectivity index (χ0) is 14.0. The van der Waals surface area contributed by atoms with Crippen LogP contribution in [-0.2, 0) is 21.3 Å². The fourth-order valence-corrected chi connectivity index (χ4v) is 3.39. The summed E-state index contributed by atoms with van der Waals surface area (Å²) >= 11 is 11.7. The molecule has 0 radical (unpaired) electrons. The minimum atomic E-state index is -3.43. The monoisotopic (exact) mass is 320 g/mol. The van der Waals surface area contributed by atoms with Crippen LogP contribution in [0, 0.1) is 6.92 Å². The van der Waals surface area contributed by atoms with Gasteiger partial charge in [0.1, 0.15) is 5.75 Å². The molecular formula is C11H10Cl2N2O3S. The number of rotatable bonds is 4. The second-order valence-electron chi connectivity index (χ2n) is 3.98. The highest BCUT2D eigenvalue weighted by Crippen LogP contribution is 2.23. The van der Waals surface area contributed by atoms with E-state index < -0.39 is 9.84 Å². The van der Waals surface area contributed by atoms with E-state index in [2.05, 4.69) is 10.2 Å². The molecule has 0 spiro atoms. The van der Waals surface area contributed by atoms with E-state index >= 15 is 0 Å². The van der Waals surface area contributed by atoms with Crippen LogP contribution in [0.2, 0.25) is 10.0 Å². The molecule has 0 saturated heterocycles. The highest BCUT2D eigenvalue weighted by atomic mass is 35.5. The Labute approximate surface area is 120 Å². The van der Waals surface area contributed by atoms with Crippen molar-refractivity contribution in [2.75, 3.05) is 0 Å². The molecular weight excluding hydrogens is 311 g/mol. The summed E-state index contributed by atoms with van der Waals surface area (Å²) in [5.74, 6) is -0.116. The van der Waals surface area contributed by atoms with E-state index in [1.165, 1.54) is 6.07 Å². The predicted molar refractivity (Wildman–Crippen MR) is 71.8 cm³/mol. The second-order valence-corrected chi connectivity index (χ2v) is 6.89. The van der Waals surface area contributed by atoms with Crippen molar-refractivity contribution in [3.8, 4) is 0 Å². The first-order chi connectivity index (χ1) is 8.85. The molecule has 0 unspecified atom stereocenters. The molecule has 19 heavy (non-hydrogen) atoms. The van der Waals surface area contributed by atoms with Gasteiger partial charge in [-0.3, -0.25) is 0 Å². The lowest BCUT2D eigenvalue weighted by molar-refractivity contribution is 0.480. The van der Waals surface area contributed by atoms with Crippen LogP contribution < -0.4 is 0 Å². The van der Waals surface area contributed by atoms with Crippen LogP contribution in [-0.4, -0.2) is 18.6 Å². The molecule has 0 saturated carbocycles. The molecule has 0 bridgehead atoms. The van der Waals surface area contributed by atoms with Crippen LogP contribution in [0.3, 0.4) is 0 Å². The Morgan fingerprint density at radius 2 is 1.95 bits per heavy atom. The molecule has 0 fully saturated rings. The van der Waals surface area contributed by atoms with Gasteiger partial charge >= 0.3 is 0 Å². The van der Waals surface area contributed by atoms with E-state index in [0.29, 0.717) is 21.5 Å². The van der Waals surface area contributed by atoms with E-state index in [1.54, 1.807) is 19.1 Å². The Bertz CT molecular complexity index is 698. The molecule has 8 heteroatoms. The molecule has 1 aromatic carbocycles. The van der Waals surface area contributed by atoms with Gasteiger partial charge in [0.05, 0.1) is 5.75 Å². The molecule has 0 aliphatic heterocycles. The zero-order valence-electron chi connectivity index (χ0n) is 9.93. The van der Waals surface area contributed by atoms with Gasteiger partial charge < -0.3 is 4.42 Å². The number of hydrogen-bond acceptors (Lipinski definition) is 5. The van der Waals surface area contributed by atoms with E-state index in [4.69, 9.17) is 27.6 Å². The van der Waals surface area contributed by atoms with Crippen molar-refractivity contribution in [3.63, 3.8) is 0 Å². The largest absolute Gasteiger partial charge is 0.424 e. The summed E-state index contributed by atoms with van der Waals surface area (Å²) in [6, 6.07) is 4.68. The molecule has 5 nitrogen and oxygen atoms in total. The van der Waals surface area contributed by atoms with Gasteiger partial charge in [-0.05, 0) is 17.7 Å². The zero-order valence-corrected chi connectivity index (χ0v) is 12.3. The van der Waals surface area contributed by atoms with E-state index in [1.807, 2.05) is 0 Å². The SMILES string of the molecule is Cc1nnc(CS(=O)(=O)Cc2ccc(Cl)cc2Cl)o1. The minimum absolute atomic E-state index is 0.0718. The van der Waals surface area contributed by atoms with Crippen LogP contribution in [0.5, 0.6) is 0 Å². The number of benzene rings is 1. The molecule has 1 aromatic heterocycles. The maximum absolute atomic E-state index is 12.0. The predicted octanol–water partition coefficient (Wildman–Crippen LogP) is 2.80. The quantitative estimate of drug-likeness (QED) is 0.866. The summed E-state index contributed by atoms with van der Waals surface area (Å²) < 4.78 is 29.0. The smallest absolute Gasteiger partial charge is 0.231 e. The van der Waals surface area contributed by atoms with Gasteiger partial charge in [0, 0.05) is 17.0 Å². The summed E-state index contributed by atoms with van der Waals surface area (Å²) in [4.78, 5) is 0. The van der Waals surface area contributed by atoms with Crippen molar-refractivity contribution in [3.05, 3.63) is 45.6 Å². The highest BCUT2D eigenvalue weighted by molar-refractivity contribution is 7.89. The van der Waals surface area contributed by atoms with E-state index in [9.17, 15) is 8.42 Å². The lowest BCUT2D eigenvalue weighted by Crippen LogP contribution is -2.08. The molecule has 1 heterocycles. The van der Waals surface area contributed by atoms with Gasteiger partial charge in [-0.25, -0.2) is 8.42 Å². The summed E-state index contributed by atoms with van der Waals surface area (Å²) in [7, 11) is -3.43. The summed E-state index contributed by atoms with van der Waals surface area (Å²) in [5.41, 5.74) is 0.488. The van der Waals surface area contributed by atoms with Crippen molar-refractivity contribution < 1.29 is 12.8 Å².